The number of rotatable bonds is 6. The van der Waals surface area contributed by atoms with Crippen molar-refractivity contribution in [2.75, 3.05) is 19.0 Å². The van der Waals surface area contributed by atoms with Gasteiger partial charge < -0.3 is 10.1 Å². The van der Waals surface area contributed by atoms with E-state index in [9.17, 15) is 14.9 Å². The van der Waals surface area contributed by atoms with Crippen LogP contribution in [0.3, 0.4) is 0 Å². The van der Waals surface area contributed by atoms with Gasteiger partial charge in [-0.05, 0) is 18.4 Å². The molecule has 2 aromatic rings. The lowest BCUT2D eigenvalue weighted by Crippen LogP contribution is -2.41. The molecule has 7 nitrogen and oxygen atoms in total. The predicted octanol–water partition coefficient (Wildman–Crippen LogP) is 3.31. The van der Waals surface area contributed by atoms with Gasteiger partial charge in [0.2, 0.25) is 5.82 Å². The normalized spacial score (nSPS) is 15.1. The minimum absolute atomic E-state index is 0.0299. The Morgan fingerprint density at radius 1 is 1.36 bits per heavy atom. The molecule has 0 saturated heterocycles. The molecule has 7 heteroatoms. The van der Waals surface area contributed by atoms with E-state index in [4.69, 9.17) is 0 Å². The lowest BCUT2D eigenvalue weighted by molar-refractivity contribution is -0.384. The van der Waals surface area contributed by atoms with Gasteiger partial charge in [-0.25, -0.2) is 9.78 Å². The number of hydrogen-bond acceptors (Lipinski definition) is 6. The molecule has 0 atom stereocenters. The van der Waals surface area contributed by atoms with Gasteiger partial charge in [-0.1, -0.05) is 36.8 Å². The molecule has 0 bridgehead atoms. The van der Waals surface area contributed by atoms with E-state index in [1.54, 1.807) is 0 Å². The second-order valence-electron chi connectivity index (χ2n) is 6.19. The van der Waals surface area contributed by atoms with Crippen molar-refractivity contribution in [3.05, 3.63) is 63.8 Å². The van der Waals surface area contributed by atoms with Gasteiger partial charge in [-0.15, -0.1) is 0 Å². The Balaban J connectivity index is 1.83. The van der Waals surface area contributed by atoms with Crippen LogP contribution in [0.15, 0.2) is 42.6 Å². The van der Waals surface area contributed by atoms with Crippen LogP contribution in [0.1, 0.15) is 35.2 Å². The molecule has 1 N–H and O–H groups in total. The molecule has 1 aliphatic carbocycles. The Morgan fingerprint density at radius 3 is 2.64 bits per heavy atom. The summed E-state index contributed by atoms with van der Waals surface area (Å²) < 4.78 is 4.59. The third kappa shape index (κ3) is 3.31. The van der Waals surface area contributed by atoms with Crippen LogP contribution in [0.5, 0.6) is 0 Å². The Hall–Kier alpha value is -2.96. The first-order valence-corrected chi connectivity index (χ1v) is 8.08. The molecule has 1 aromatic heterocycles. The van der Waals surface area contributed by atoms with Gasteiger partial charge in [-0.3, -0.25) is 10.1 Å². The summed E-state index contributed by atoms with van der Waals surface area (Å²) in [5.41, 5.74) is 1.02. The van der Waals surface area contributed by atoms with Crippen molar-refractivity contribution in [2.45, 2.75) is 24.7 Å². The molecule has 1 aliphatic rings. The molecule has 1 saturated carbocycles. The predicted molar refractivity (Wildman–Crippen MR) is 92.7 cm³/mol. The van der Waals surface area contributed by atoms with E-state index in [0.29, 0.717) is 6.54 Å². The third-order valence-electron chi connectivity index (χ3n) is 4.78. The zero-order valence-electron chi connectivity index (χ0n) is 13.9. The average Bonchev–Trinajstić information content (AvgIpc) is 2.61. The minimum atomic E-state index is -0.651. The number of esters is 1. The lowest BCUT2D eigenvalue weighted by atomic mass is 9.64. The summed E-state index contributed by atoms with van der Waals surface area (Å²) in [5, 5.41) is 14.5. The zero-order chi connectivity index (χ0) is 17.9. The molecule has 3 rings (SSSR count). The van der Waals surface area contributed by atoms with Crippen molar-refractivity contribution in [3.63, 3.8) is 0 Å². The summed E-state index contributed by atoms with van der Waals surface area (Å²) in [5.74, 6) is -0.484. The number of benzene rings is 1. The van der Waals surface area contributed by atoms with Crippen LogP contribution in [-0.4, -0.2) is 29.5 Å². The Bertz CT molecular complexity index is 788. The summed E-state index contributed by atoms with van der Waals surface area (Å²) in [4.78, 5) is 26.4. The topological polar surface area (TPSA) is 94.4 Å². The molecule has 1 heterocycles. The van der Waals surface area contributed by atoms with Crippen molar-refractivity contribution >= 4 is 17.5 Å². The first kappa shape index (κ1) is 16.9. The van der Waals surface area contributed by atoms with E-state index in [1.807, 2.05) is 18.2 Å². The summed E-state index contributed by atoms with van der Waals surface area (Å²) in [6.45, 7) is 0.558. The molecule has 0 spiro atoms. The second kappa shape index (κ2) is 6.88. The Morgan fingerprint density at radius 2 is 2.08 bits per heavy atom. The first-order valence-electron chi connectivity index (χ1n) is 8.08. The fraction of sp³-hybridized carbons (Fsp3) is 0.333. The number of carbonyl (C=O) groups excluding carboxylic acids is 1. The average molecular weight is 341 g/mol. The van der Waals surface area contributed by atoms with Crippen LogP contribution in [0, 0.1) is 10.1 Å². The molecule has 130 valence electrons. The van der Waals surface area contributed by atoms with Crippen molar-refractivity contribution in [1.29, 1.82) is 0 Å². The van der Waals surface area contributed by atoms with E-state index < -0.39 is 10.9 Å². The van der Waals surface area contributed by atoms with Crippen molar-refractivity contribution < 1.29 is 14.5 Å². The highest BCUT2D eigenvalue weighted by atomic mass is 16.6. The number of methoxy groups -OCH3 is 1. The van der Waals surface area contributed by atoms with Crippen LogP contribution in [0.25, 0.3) is 0 Å². The monoisotopic (exact) mass is 341 g/mol. The number of nitrogens with one attached hydrogen (secondary N) is 1. The van der Waals surface area contributed by atoms with Crippen molar-refractivity contribution in [3.8, 4) is 0 Å². The van der Waals surface area contributed by atoms with Gasteiger partial charge in [0.25, 0.3) is 0 Å². The van der Waals surface area contributed by atoms with E-state index in [0.717, 1.165) is 19.3 Å². The fourth-order valence-electron chi connectivity index (χ4n) is 3.17. The number of pyridine rings is 1. The Kier molecular flexibility index (Phi) is 4.65. The number of nitrogens with zero attached hydrogens (tertiary/aromatic N) is 2. The minimum Gasteiger partial charge on any atom is -0.465 e. The first-order chi connectivity index (χ1) is 12.1. The highest BCUT2D eigenvalue weighted by Gasteiger charge is 2.38. The van der Waals surface area contributed by atoms with Crippen molar-refractivity contribution in [2.24, 2.45) is 0 Å². The van der Waals surface area contributed by atoms with Gasteiger partial charge in [0, 0.05) is 24.2 Å². The smallest absolute Gasteiger partial charge is 0.339 e. The maximum atomic E-state index is 11.6. The standard InChI is InChI=1S/C18H19N3O4/c1-25-17(22)13-10-15(21(23)24)16(19-11-13)20-12-18(8-5-9-18)14-6-3-2-4-7-14/h2-4,6-7,10-11H,5,8-9,12H2,1H3,(H,19,20). The Labute approximate surface area is 145 Å². The summed E-state index contributed by atoms with van der Waals surface area (Å²) in [6, 6.07) is 11.3. The number of ether oxygens (including phenoxy) is 1. The van der Waals surface area contributed by atoms with Gasteiger partial charge in [0.1, 0.15) is 0 Å². The number of carbonyl (C=O) groups is 1. The molecule has 25 heavy (non-hydrogen) atoms. The molecule has 0 radical (unpaired) electrons. The molecule has 1 fully saturated rings. The van der Waals surface area contributed by atoms with Crippen LogP contribution in [0.4, 0.5) is 11.5 Å². The maximum absolute atomic E-state index is 11.6. The van der Waals surface area contributed by atoms with E-state index in [1.165, 1.54) is 24.9 Å². The summed E-state index contributed by atoms with van der Waals surface area (Å²) >= 11 is 0. The quantitative estimate of drug-likeness (QED) is 0.492. The number of aromatic nitrogens is 1. The van der Waals surface area contributed by atoms with Crippen LogP contribution in [-0.2, 0) is 10.2 Å². The number of nitro groups is 1. The van der Waals surface area contributed by atoms with E-state index >= 15 is 0 Å². The van der Waals surface area contributed by atoms with Gasteiger partial charge in [-0.2, -0.15) is 0 Å². The number of anilines is 1. The molecule has 0 aliphatic heterocycles. The molecule has 0 unspecified atom stereocenters. The largest absolute Gasteiger partial charge is 0.465 e. The van der Waals surface area contributed by atoms with E-state index in [2.05, 4.69) is 27.2 Å². The molecule has 1 aromatic carbocycles. The summed E-state index contributed by atoms with van der Waals surface area (Å²) in [7, 11) is 1.22. The van der Waals surface area contributed by atoms with Gasteiger partial charge >= 0.3 is 11.7 Å². The van der Waals surface area contributed by atoms with Gasteiger partial charge in [0.05, 0.1) is 17.6 Å². The highest BCUT2D eigenvalue weighted by molar-refractivity contribution is 5.90. The molecular weight excluding hydrogens is 322 g/mol. The third-order valence-corrected chi connectivity index (χ3v) is 4.78. The zero-order valence-corrected chi connectivity index (χ0v) is 13.9. The molecular formula is C18H19N3O4. The van der Waals surface area contributed by atoms with Gasteiger partial charge in [0.15, 0.2) is 0 Å². The van der Waals surface area contributed by atoms with Crippen LogP contribution >= 0.6 is 0 Å². The van der Waals surface area contributed by atoms with Crippen molar-refractivity contribution in [1.82, 2.24) is 4.98 Å². The second-order valence-corrected chi connectivity index (χ2v) is 6.19. The maximum Gasteiger partial charge on any atom is 0.339 e. The highest BCUT2D eigenvalue weighted by Crippen LogP contribution is 2.44. The van der Waals surface area contributed by atoms with Crippen LogP contribution in [0.2, 0.25) is 0 Å². The van der Waals surface area contributed by atoms with Crippen LogP contribution < -0.4 is 5.32 Å². The number of hydrogen-bond donors (Lipinski definition) is 1. The summed E-state index contributed by atoms with van der Waals surface area (Å²) in [6.07, 6.45) is 4.47. The lowest BCUT2D eigenvalue weighted by Gasteiger charge is -2.42. The fourth-order valence-corrected chi connectivity index (χ4v) is 3.17. The SMILES string of the molecule is COC(=O)c1cnc(NCC2(c3ccccc3)CCC2)c([N+](=O)[O-])c1. The van der Waals surface area contributed by atoms with E-state index in [-0.39, 0.29) is 22.5 Å². The molecule has 0 amide bonds.